The van der Waals surface area contributed by atoms with E-state index in [1.165, 1.54) is 23.1 Å². The van der Waals surface area contributed by atoms with Crippen molar-refractivity contribution in [2.75, 3.05) is 40.3 Å². The van der Waals surface area contributed by atoms with E-state index >= 15 is 0 Å². The summed E-state index contributed by atoms with van der Waals surface area (Å²) < 4.78 is 31.7. The van der Waals surface area contributed by atoms with Crippen LogP contribution in [0, 0.1) is 0 Å². The van der Waals surface area contributed by atoms with Crippen LogP contribution in [0.2, 0.25) is 0 Å². The summed E-state index contributed by atoms with van der Waals surface area (Å²) in [5.74, 6) is -0.798. The Morgan fingerprint density at radius 3 is 2.20 bits per heavy atom. The molecule has 0 aliphatic rings. The normalized spacial score (nSPS) is 12.4. The Bertz CT molecular complexity index is 840. The van der Waals surface area contributed by atoms with E-state index in [4.69, 9.17) is 4.74 Å². The zero-order chi connectivity index (χ0) is 22.9. The zero-order valence-electron chi connectivity index (χ0n) is 18.6. The lowest BCUT2D eigenvalue weighted by atomic mass is 10.2. The van der Waals surface area contributed by atoms with Gasteiger partial charge in [0.1, 0.15) is 12.1 Å². The second-order valence-corrected chi connectivity index (χ2v) is 9.82. The lowest BCUT2D eigenvalue weighted by Gasteiger charge is -2.25. The number of ether oxygens (including phenoxy) is 1. The Labute approximate surface area is 179 Å². The molecule has 0 bridgehead atoms. The number of amides is 1. The maximum Gasteiger partial charge on any atom is 0.326 e. The number of rotatable bonds is 10. The maximum atomic E-state index is 12.6. The van der Waals surface area contributed by atoms with E-state index in [0.717, 1.165) is 0 Å². The molecule has 0 aliphatic heterocycles. The SMILES string of the molecule is CCNS(=O)(=O)c1ccc(/C=C/C(=O)N(CCN(C)C)CC(=O)OC(C)(C)C)cc1. The second-order valence-electron chi connectivity index (χ2n) is 8.05. The number of esters is 1. The van der Waals surface area contributed by atoms with Crippen LogP contribution in [-0.2, 0) is 24.3 Å². The number of likely N-dealkylation sites (N-methyl/N-ethyl adjacent to an activating group) is 1. The first kappa shape index (κ1) is 25.8. The van der Waals surface area contributed by atoms with Crippen LogP contribution in [0.25, 0.3) is 6.08 Å². The Hall–Kier alpha value is -2.23. The summed E-state index contributed by atoms with van der Waals surface area (Å²) in [5, 5.41) is 0. The van der Waals surface area contributed by atoms with Gasteiger partial charge in [0, 0.05) is 25.7 Å². The largest absolute Gasteiger partial charge is 0.459 e. The summed E-state index contributed by atoms with van der Waals surface area (Å²) in [6.45, 7) is 8.16. The topological polar surface area (TPSA) is 96.0 Å². The van der Waals surface area contributed by atoms with E-state index in [1.54, 1.807) is 45.9 Å². The number of hydrogen-bond donors (Lipinski definition) is 1. The summed E-state index contributed by atoms with van der Waals surface area (Å²) in [7, 11) is 0.247. The fourth-order valence-electron chi connectivity index (χ4n) is 2.42. The molecule has 8 nitrogen and oxygen atoms in total. The van der Waals surface area contributed by atoms with Crippen LogP contribution >= 0.6 is 0 Å². The number of carbonyl (C=O) groups excluding carboxylic acids is 2. The van der Waals surface area contributed by atoms with Gasteiger partial charge in [0.25, 0.3) is 0 Å². The van der Waals surface area contributed by atoms with Crippen LogP contribution in [0.5, 0.6) is 0 Å². The zero-order valence-corrected chi connectivity index (χ0v) is 19.5. The average molecular weight is 440 g/mol. The molecule has 0 aliphatic carbocycles. The molecular formula is C21H33N3O5S. The summed E-state index contributed by atoms with van der Waals surface area (Å²) >= 11 is 0. The Morgan fingerprint density at radius 2 is 1.70 bits per heavy atom. The van der Waals surface area contributed by atoms with E-state index in [2.05, 4.69) is 4.72 Å². The third kappa shape index (κ3) is 9.51. The smallest absolute Gasteiger partial charge is 0.326 e. The molecule has 9 heteroatoms. The van der Waals surface area contributed by atoms with Gasteiger partial charge in [-0.25, -0.2) is 13.1 Å². The molecule has 0 heterocycles. The standard InChI is InChI=1S/C21H33N3O5S/c1-7-22-30(27,28)18-11-8-17(9-12-18)10-13-19(25)24(15-14-23(5)6)16-20(26)29-21(2,3)4/h8-13,22H,7,14-16H2,1-6H3/b13-10+. The van der Waals surface area contributed by atoms with Crippen LogP contribution in [0.1, 0.15) is 33.3 Å². The van der Waals surface area contributed by atoms with Gasteiger partial charge in [-0.2, -0.15) is 0 Å². The molecule has 0 fully saturated rings. The number of sulfonamides is 1. The first-order valence-corrected chi connectivity index (χ1v) is 11.3. The highest BCUT2D eigenvalue weighted by atomic mass is 32.2. The van der Waals surface area contributed by atoms with Gasteiger partial charge in [0.05, 0.1) is 4.90 Å². The molecule has 0 saturated carbocycles. The average Bonchev–Trinajstić information content (AvgIpc) is 2.61. The molecule has 1 aromatic carbocycles. The van der Waals surface area contributed by atoms with E-state index < -0.39 is 21.6 Å². The van der Waals surface area contributed by atoms with Gasteiger partial charge in [-0.3, -0.25) is 9.59 Å². The second kappa shape index (κ2) is 11.2. The molecule has 0 radical (unpaired) electrons. The number of carbonyl (C=O) groups is 2. The van der Waals surface area contributed by atoms with E-state index in [0.29, 0.717) is 25.2 Å². The van der Waals surface area contributed by atoms with Gasteiger partial charge < -0.3 is 14.5 Å². The minimum Gasteiger partial charge on any atom is -0.459 e. The van der Waals surface area contributed by atoms with Gasteiger partial charge in [-0.1, -0.05) is 19.1 Å². The number of hydrogen-bond acceptors (Lipinski definition) is 6. The van der Waals surface area contributed by atoms with Gasteiger partial charge in [0.15, 0.2) is 0 Å². The van der Waals surface area contributed by atoms with Crippen LogP contribution < -0.4 is 4.72 Å². The van der Waals surface area contributed by atoms with Gasteiger partial charge in [-0.15, -0.1) is 0 Å². The van der Waals surface area contributed by atoms with Crippen molar-refractivity contribution in [3.8, 4) is 0 Å². The predicted molar refractivity (Wildman–Crippen MR) is 117 cm³/mol. The summed E-state index contributed by atoms with van der Waals surface area (Å²) in [4.78, 5) is 28.3. The van der Waals surface area contributed by atoms with E-state index in [1.807, 2.05) is 19.0 Å². The molecule has 1 N–H and O–H groups in total. The summed E-state index contributed by atoms with van der Waals surface area (Å²) in [6, 6.07) is 6.19. The lowest BCUT2D eigenvalue weighted by molar-refractivity contribution is -0.158. The summed E-state index contributed by atoms with van der Waals surface area (Å²) in [5.41, 5.74) is 0.0429. The van der Waals surface area contributed by atoms with Crippen molar-refractivity contribution in [2.45, 2.75) is 38.2 Å². The van der Waals surface area contributed by atoms with Crippen molar-refractivity contribution in [3.63, 3.8) is 0 Å². The van der Waals surface area contributed by atoms with E-state index in [-0.39, 0.29) is 17.3 Å². The van der Waals surface area contributed by atoms with Crippen LogP contribution in [-0.4, -0.2) is 76.0 Å². The number of nitrogens with one attached hydrogen (secondary N) is 1. The first-order chi connectivity index (χ1) is 13.8. The first-order valence-electron chi connectivity index (χ1n) is 9.77. The summed E-state index contributed by atoms with van der Waals surface area (Å²) in [6.07, 6.45) is 2.96. The fraction of sp³-hybridized carbons (Fsp3) is 0.524. The quantitative estimate of drug-likeness (QED) is 0.441. The number of benzene rings is 1. The molecule has 30 heavy (non-hydrogen) atoms. The molecule has 1 rings (SSSR count). The highest BCUT2D eigenvalue weighted by molar-refractivity contribution is 7.89. The Balaban J connectivity index is 2.88. The van der Waals surface area contributed by atoms with Crippen molar-refractivity contribution in [1.82, 2.24) is 14.5 Å². The molecule has 0 atom stereocenters. The molecule has 0 unspecified atom stereocenters. The van der Waals surface area contributed by atoms with Crippen LogP contribution in [0.3, 0.4) is 0 Å². The molecule has 0 spiro atoms. The van der Waals surface area contributed by atoms with Gasteiger partial charge in [-0.05, 0) is 58.6 Å². The molecular weight excluding hydrogens is 406 g/mol. The Kier molecular flexibility index (Phi) is 9.67. The third-order valence-electron chi connectivity index (χ3n) is 3.81. The van der Waals surface area contributed by atoms with Gasteiger partial charge >= 0.3 is 5.97 Å². The van der Waals surface area contributed by atoms with E-state index in [9.17, 15) is 18.0 Å². The maximum absolute atomic E-state index is 12.6. The molecule has 1 amide bonds. The minimum atomic E-state index is -3.52. The molecule has 168 valence electrons. The molecule has 0 saturated heterocycles. The molecule has 0 aromatic heterocycles. The van der Waals surface area contributed by atoms with Crippen LogP contribution in [0.15, 0.2) is 35.2 Å². The molecule has 1 aromatic rings. The third-order valence-corrected chi connectivity index (χ3v) is 5.37. The highest BCUT2D eigenvalue weighted by Gasteiger charge is 2.21. The van der Waals surface area contributed by atoms with Crippen molar-refractivity contribution < 1.29 is 22.7 Å². The monoisotopic (exact) mass is 439 g/mol. The Morgan fingerprint density at radius 1 is 1.10 bits per heavy atom. The highest BCUT2D eigenvalue weighted by Crippen LogP contribution is 2.12. The fourth-order valence-corrected chi connectivity index (χ4v) is 3.46. The van der Waals surface area contributed by atoms with Crippen molar-refractivity contribution >= 4 is 28.0 Å². The van der Waals surface area contributed by atoms with Crippen molar-refractivity contribution in [2.24, 2.45) is 0 Å². The minimum absolute atomic E-state index is 0.145. The lowest BCUT2D eigenvalue weighted by Crippen LogP contribution is -2.41. The van der Waals surface area contributed by atoms with Crippen LogP contribution in [0.4, 0.5) is 0 Å². The number of nitrogens with zero attached hydrogens (tertiary/aromatic N) is 2. The predicted octanol–water partition coefficient (Wildman–Crippen LogP) is 1.73. The van der Waals surface area contributed by atoms with Gasteiger partial charge in [0.2, 0.25) is 15.9 Å². The van der Waals surface area contributed by atoms with Crippen molar-refractivity contribution in [1.29, 1.82) is 0 Å². The van der Waals surface area contributed by atoms with Crippen molar-refractivity contribution in [3.05, 3.63) is 35.9 Å².